The van der Waals surface area contributed by atoms with Gasteiger partial charge in [0.15, 0.2) is 11.5 Å². The summed E-state index contributed by atoms with van der Waals surface area (Å²) < 4.78 is 13.8. The number of ether oxygens (including phenoxy) is 2. The van der Waals surface area contributed by atoms with Crippen molar-refractivity contribution in [1.29, 1.82) is 0 Å². The minimum Gasteiger partial charge on any atom is -0.486 e. The Morgan fingerprint density at radius 2 is 1.81 bits per heavy atom. The van der Waals surface area contributed by atoms with Crippen molar-refractivity contribution in [2.45, 2.75) is 27.3 Å². The second kappa shape index (κ2) is 8.98. The summed E-state index contributed by atoms with van der Waals surface area (Å²) in [6.07, 6.45) is 3.33. The van der Waals surface area contributed by atoms with Gasteiger partial charge in [-0.2, -0.15) is 5.10 Å². The molecule has 2 heterocycles. The van der Waals surface area contributed by atoms with E-state index in [1.165, 1.54) is 17.2 Å². The number of nitrogens with zero attached hydrogens (tertiary/aromatic N) is 2. The number of carbonyl (C=O) groups is 1. The Hall–Kier alpha value is -3.06. The fourth-order valence-corrected chi connectivity index (χ4v) is 3.89. The molecule has 0 radical (unpaired) electrons. The van der Waals surface area contributed by atoms with Crippen LogP contribution in [0.25, 0.3) is 6.08 Å². The van der Waals surface area contributed by atoms with Gasteiger partial charge in [0.25, 0.3) is 0 Å². The molecular formula is C24H24BrN3O3. The molecule has 0 unspecified atom stereocenters. The zero-order valence-electron chi connectivity index (χ0n) is 17.7. The van der Waals surface area contributed by atoms with Gasteiger partial charge in [-0.1, -0.05) is 29.8 Å². The van der Waals surface area contributed by atoms with E-state index in [0.717, 1.165) is 21.4 Å². The lowest BCUT2D eigenvalue weighted by molar-refractivity contribution is -0.111. The smallest absolute Gasteiger partial charge is 0.248 e. The first-order chi connectivity index (χ1) is 14.9. The molecule has 0 saturated heterocycles. The summed E-state index contributed by atoms with van der Waals surface area (Å²) >= 11 is 3.47. The molecule has 160 valence electrons. The largest absolute Gasteiger partial charge is 0.486 e. The minimum atomic E-state index is -0.234. The number of amides is 1. The Morgan fingerprint density at radius 3 is 2.52 bits per heavy atom. The highest BCUT2D eigenvalue weighted by Crippen LogP contribution is 2.38. The molecule has 2 aromatic carbocycles. The van der Waals surface area contributed by atoms with Gasteiger partial charge in [0.2, 0.25) is 5.91 Å². The maximum absolute atomic E-state index is 12.5. The van der Waals surface area contributed by atoms with Crippen molar-refractivity contribution in [3.63, 3.8) is 0 Å². The predicted octanol–water partition coefficient (Wildman–Crippen LogP) is 5.04. The van der Waals surface area contributed by atoms with Crippen molar-refractivity contribution in [2.75, 3.05) is 18.5 Å². The summed E-state index contributed by atoms with van der Waals surface area (Å²) in [6, 6.07) is 12.0. The monoisotopic (exact) mass is 481 g/mol. The Morgan fingerprint density at radius 1 is 1.13 bits per heavy atom. The summed E-state index contributed by atoms with van der Waals surface area (Å²) in [5.41, 5.74) is 5.90. The van der Waals surface area contributed by atoms with Gasteiger partial charge in [-0.15, -0.1) is 0 Å². The molecule has 0 bridgehead atoms. The van der Waals surface area contributed by atoms with Gasteiger partial charge in [0.05, 0.1) is 17.9 Å². The summed E-state index contributed by atoms with van der Waals surface area (Å²) in [6.45, 7) is 7.75. The molecule has 0 spiro atoms. The molecule has 0 aliphatic carbocycles. The number of benzene rings is 2. The van der Waals surface area contributed by atoms with Crippen LogP contribution >= 0.6 is 15.9 Å². The normalized spacial score (nSPS) is 12.9. The topological polar surface area (TPSA) is 65.4 Å². The van der Waals surface area contributed by atoms with Gasteiger partial charge < -0.3 is 14.8 Å². The molecule has 31 heavy (non-hydrogen) atoms. The quantitative estimate of drug-likeness (QED) is 0.518. The van der Waals surface area contributed by atoms with E-state index in [9.17, 15) is 4.79 Å². The number of hydrogen-bond acceptors (Lipinski definition) is 4. The molecule has 1 amide bonds. The van der Waals surface area contributed by atoms with Gasteiger partial charge in [0.1, 0.15) is 13.2 Å². The highest BCUT2D eigenvalue weighted by molar-refractivity contribution is 9.10. The van der Waals surface area contributed by atoms with E-state index in [0.29, 0.717) is 36.9 Å². The van der Waals surface area contributed by atoms with Crippen LogP contribution in [0.5, 0.6) is 11.5 Å². The van der Waals surface area contributed by atoms with Crippen molar-refractivity contribution in [1.82, 2.24) is 9.78 Å². The number of fused-ring (bicyclic) bond motifs is 1. The van der Waals surface area contributed by atoms with Crippen LogP contribution in [0.2, 0.25) is 0 Å². The second-order valence-corrected chi connectivity index (χ2v) is 8.38. The molecule has 4 rings (SSSR count). The lowest BCUT2D eigenvalue weighted by atomic mass is 10.1. The Kier molecular flexibility index (Phi) is 6.13. The minimum absolute atomic E-state index is 0.234. The maximum Gasteiger partial charge on any atom is 0.248 e. The third-order valence-corrected chi connectivity index (χ3v) is 5.84. The molecule has 6 nitrogen and oxygen atoms in total. The number of halogens is 1. The average molecular weight is 482 g/mol. The van der Waals surface area contributed by atoms with E-state index in [4.69, 9.17) is 9.47 Å². The van der Waals surface area contributed by atoms with E-state index < -0.39 is 0 Å². The predicted molar refractivity (Wildman–Crippen MR) is 125 cm³/mol. The van der Waals surface area contributed by atoms with Crippen molar-refractivity contribution >= 4 is 33.6 Å². The van der Waals surface area contributed by atoms with Crippen LogP contribution in [0, 0.1) is 20.8 Å². The van der Waals surface area contributed by atoms with Crippen LogP contribution in [0.1, 0.15) is 28.1 Å². The van der Waals surface area contributed by atoms with E-state index in [1.54, 1.807) is 12.1 Å². The van der Waals surface area contributed by atoms with Crippen molar-refractivity contribution in [3.8, 4) is 11.5 Å². The third-order valence-electron chi connectivity index (χ3n) is 5.18. The second-order valence-electron chi connectivity index (χ2n) is 7.53. The number of carbonyl (C=O) groups excluding carboxylic acids is 1. The molecule has 3 aromatic rings. The first-order valence-corrected chi connectivity index (χ1v) is 10.9. The third kappa shape index (κ3) is 4.82. The molecular weight excluding hydrogens is 458 g/mol. The summed E-state index contributed by atoms with van der Waals surface area (Å²) in [4.78, 5) is 12.5. The van der Waals surface area contributed by atoms with Gasteiger partial charge >= 0.3 is 0 Å². The summed E-state index contributed by atoms with van der Waals surface area (Å²) in [5.74, 6) is 1.05. The van der Waals surface area contributed by atoms with Crippen LogP contribution in [-0.2, 0) is 11.3 Å². The zero-order valence-corrected chi connectivity index (χ0v) is 19.3. The van der Waals surface area contributed by atoms with Crippen molar-refractivity contribution in [3.05, 3.63) is 75.0 Å². The van der Waals surface area contributed by atoms with Crippen LogP contribution < -0.4 is 14.8 Å². The highest BCUT2D eigenvalue weighted by atomic mass is 79.9. The molecule has 0 fully saturated rings. The fourth-order valence-electron chi connectivity index (χ4n) is 3.47. The summed E-state index contributed by atoms with van der Waals surface area (Å²) in [5, 5.41) is 7.53. The van der Waals surface area contributed by atoms with Crippen molar-refractivity contribution in [2.24, 2.45) is 0 Å². The molecule has 1 aromatic heterocycles. The SMILES string of the molecule is Cc1ccc(Cn2nc(C)c(/C=C/C(=O)Nc3cc4c(cc3Br)OCCO4)c2C)cc1. The lowest BCUT2D eigenvalue weighted by Gasteiger charge is -2.19. The average Bonchev–Trinajstić information content (AvgIpc) is 3.01. The molecule has 7 heteroatoms. The molecule has 0 saturated carbocycles. The van der Waals surface area contributed by atoms with E-state index in [1.807, 2.05) is 24.6 Å². The first kappa shape index (κ1) is 21.2. The van der Waals surface area contributed by atoms with E-state index >= 15 is 0 Å². The van der Waals surface area contributed by atoms with Crippen LogP contribution in [0.4, 0.5) is 5.69 Å². The highest BCUT2D eigenvalue weighted by Gasteiger charge is 2.16. The number of aromatic nitrogens is 2. The van der Waals surface area contributed by atoms with Crippen LogP contribution in [0.3, 0.4) is 0 Å². The van der Waals surface area contributed by atoms with Crippen molar-refractivity contribution < 1.29 is 14.3 Å². The van der Waals surface area contributed by atoms with Crippen LogP contribution in [-0.4, -0.2) is 28.9 Å². The van der Waals surface area contributed by atoms with Gasteiger partial charge in [-0.25, -0.2) is 0 Å². The van der Waals surface area contributed by atoms with Gasteiger partial charge in [-0.05, 0) is 48.3 Å². The number of rotatable bonds is 5. The molecule has 0 atom stereocenters. The zero-order chi connectivity index (χ0) is 22.0. The van der Waals surface area contributed by atoms with E-state index in [-0.39, 0.29) is 5.91 Å². The van der Waals surface area contributed by atoms with Gasteiger partial charge in [-0.3, -0.25) is 9.48 Å². The fraction of sp³-hybridized carbons (Fsp3) is 0.250. The van der Waals surface area contributed by atoms with Gasteiger partial charge in [0, 0.05) is 33.9 Å². The lowest BCUT2D eigenvalue weighted by Crippen LogP contribution is -2.16. The molecule has 1 aliphatic heterocycles. The standard InChI is InChI=1S/C24H24BrN3O3/c1-15-4-6-18(7-5-15)14-28-17(3)19(16(2)27-28)8-9-24(29)26-21-13-23-22(12-20(21)25)30-10-11-31-23/h4-9,12-13H,10-11,14H2,1-3H3,(H,26,29)/b9-8+. The molecule has 1 N–H and O–H groups in total. The Balaban J connectivity index is 1.48. The Bertz CT molecular complexity index is 1150. The van der Waals surface area contributed by atoms with Crippen LogP contribution in [0.15, 0.2) is 46.9 Å². The first-order valence-electron chi connectivity index (χ1n) is 10.1. The Labute approximate surface area is 190 Å². The summed E-state index contributed by atoms with van der Waals surface area (Å²) in [7, 11) is 0. The number of anilines is 1. The number of aryl methyl sites for hydroxylation is 2. The maximum atomic E-state index is 12.5. The molecule has 1 aliphatic rings. The number of hydrogen-bond donors (Lipinski definition) is 1. The van der Waals surface area contributed by atoms with E-state index in [2.05, 4.69) is 57.5 Å². The number of nitrogens with one attached hydrogen (secondary N) is 1.